The quantitative estimate of drug-likeness (QED) is 0.816. The van der Waals surface area contributed by atoms with E-state index in [0.717, 1.165) is 5.56 Å². The van der Waals surface area contributed by atoms with Gasteiger partial charge in [0.15, 0.2) is 0 Å². The molecule has 0 aliphatic carbocycles. The Labute approximate surface area is 99.2 Å². The van der Waals surface area contributed by atoms with Crippen LogP contribution in [0.2, 0.25) is 0 Å². The Hall–Kier alpha value is -1.55. The van der Waals surface area contributed by atoms with E-state index in [1.54, 1.807) is 7.05 Å². The highest BCUT2D eigenvalue weighted by molar-refractivity contribution is 6.28. The Morgan fingerprint density at radius 1 is 1.31 bits per heavy atom. The first kappa shape index (κ1) is 12.5. The van der Waals surface area contributed by atoms with Crippen molar-refractivity contribution in [1.29, 1.82) is 0 Å². The molecule has 1 N–H and O–H groups in total. The van der Waals surface area contributed by atoms with Crippen molar-refractivity contribution >= 4 is 23.5 Å². The van der Waals surface area contributed by atoms with Gasteiger partial charge in [-0.15, -0.1) is 11.6 Å². The van der Waals surface area contributed by atoms with Crippen LogP contribution in [0.5, 0.6) is 0 Å². The number of urea groups is 1. The van der Waals surface area contributed by atoms with Gasteiger partial charge in [0.1, 0.15) is 5.88 Å². The minimum Gasteiger partial charge on any atom is -0.323 e. The number of nitrogens with one attached hydrogen (secondary N) is 1. The summed E-state index contributed by atoms with van der Waals surface area (Å²) in [6, 6.07) is 9.06. The lowest BCUT2D eigenvalue weighted by molar-refractivity contribution is -0.117. The average Bonchev–Trinajstić information content (AvgIpc) is 2.30. The van der Waals surface area contributed by atoms with Crippen LogP contribution in [-0.4, -0.2) is 29.8 Å². The van der Waals surface area contributed by atoms with Crippen LogP contribution in [0.1, 0.15) is 5.56 Å². The first-order chi connectivity index (χ1) is 7.63. The summed E-state index contributed by atoms with van der Waals surface area (Å²) in [5.74, 6) is -0.711. The number of amides is 3. The van der Waals surface area contributed by atoms with Crippen molar-refractivity contribution < 1.29 is 9.59 Å². The Kier molecular flexibility index (Phi) is 4.79. The van der Waals surface area contributed by atoms with Gasteiger partial charge in [-0.1, -0.05) is 30.3 Å². The van der Waals surface area contributed by atoms with E-state index in [1.165, 1.54) is 4.90 Å². The van der Waals surface area contributed by atoms with Crippen LogP contribution in [0.4, 0.5) is 4.79 Å². The van der Waals surface area contributed by atoms with E-state index in [9.17, 15) is 9.59 Å². The predicted octanol–water partition coefficient (Wildman–Crippen LogP) is 1.59. The number of carbonyl (C=O) groups excluding carboxylic acids is 2. The molecule has 0 radical (unpaired) electrons. The van der Waals surface area contributed by atoms with Crippen LogP contribution in [0, 0.1) is 0 Å². The molecule has 16 heavy (non-hydrogen) atoms. The summed E-state index contributed by atoms with van der Waals surface area (Å²) in [5.41, 5.74) is 0.999. The maximum atomic E-state index is 11.5. The second-order valence-electron chi connectivity index (χ2n) is 3.33. The summed E-state index contributed by atoms with van der Waals surface area (Å²) >= 11 is 5.28. The molecular formula is C11H13ClN2O2. The molecule has 0 bridgehead atoms. The topological polar surface area (TPSA) is 49.4 Å². The molecule has 1 aromatic rings. The lowest BCUT2D eigenvalue weighted by Crippen LogP contribution is -2.40. The largest absolute Gasteiger partial charge is 0.324 e. The van der Waals surface area contributed by atoms with E-state index in [2.05, 4.69) is 5.32 Å². The average molecular weight is 241 g/mol. The van der Waals surface area contributed by atoms with Gasteiger partial charge in [-0.3, -0.25) is 10.1 Å². The highest BCUT2D eigenvalue weighted by Gasteiger charge is 2.11. The fourth-order valence-corrected chi connectivity index (χ4v) is 1.24. The maximum absolute atomic E-state index is 11.5. The van der Waals surface area contributed by atoms with Gasteiger partial charge >= 0.3 is 6.03 Å². The number of hydrogen-bond acceptors (Lipinski definition) is 2. The van der Waals surface area contributed by atoms with Gasteiger partial charge in [-0.25, -0.2) is 4.79 Å². The van der Waals surface area contributed by atoms with Crippen molar-refractivity contribution in [3.8, 4) is 0 Å². The lowest BCUT2D eigenvalue weighted by Gasteiger charge is -2.16. The smallest absolute Gasteiger partial charge is 0.323 e. The van der Waals surface area contributed by atoms with Gasteiger partial charge in [0.25, 0.3) is 0 Å². The van der Waals surface area contributed by atoms with Crippen molar-refractivity contribution in [3.63, 3.8) is 0 Å². The minimum absolute atomic E-state index is 0.217. The zero-order valence-corrected chi connectivity index (χ0v) is 9.70. The fraction of sp³-hybridized carbons (Fsp3) is 0.273. The van der Waals surface area contributed by atoms with Crippen molar-refractivity contribution in [2.75, 3.05) is 12.9 Å². The molecule has 0 aliphatic rings. The van der Waals surface area contributed by atoms with Crippen LogP contribution in [0.25, 0.3) is 0 Å². The van der Waals surface area contributed by atoms with Crippen molar-refractivity contribution in [2.45, 2.75) is 6.54 Å². The predicted molar refractivity (Wildman–Crippen MR) is 62.2 cm³/mol. The first-order valence-corrected chi connectivity index (χ1v) is 5.31. The number of rotatable bonds is 3. The van der Waals surface area contributed by atoms with E-state index in [1.807, 2.05) is 30.3 Å². The fourth-order valence-electron chi connectivity index (χ4n) is 1.18. The third kappa shape index (κ3) is 3.90. The maximum Gasteiger partial charge on any atom is 0.324 e. The Morgan fingerprint density at radius 3 is 2.50 bits per heavy atom. The first-order valence-electron chi connectivity index (χ1n) is 4.78. The molecule has 0 saturated heterocycles. The summed E-state index contributed by atoms with van der Waals surface area (Å²) in [6.45, 7) is 0.447. The number of halogens is 1. The third-order valence-electron chi connectivity index (χ3n) is 1.98. The van der Waals surface area contributed by atoms with E-state index in [4.69, 9.17) is 11.6 Å². The van der Waals surface area contributed by atoms with Crippen LogP contribution >= 0.6 is 11.6 Å². The summed E-state index contributed by atoms with van der Waals surface area (Å²) in [6.07, 6.45) is 0. The summed E-state index contributed by atoms with van der Waals surface area (Å²) < 4.78 is 0. The Morgan fingerprint density at radius 2 is 1.94 bits per heavy atom. The molecule has 1 rings (SSSR count). The van der Waals surface area contributed by atoms with Crippen molar-refractivity contribution in [3.05, 3.63) is 35.9 Å². The summed E-state index contributed by atoms with van der Waals surface area (Å²) in [7, 11) is 1.61. The van der Waals surface area contributed by atoms with Crippen molar-refractivity contribution in [1.82, 2.24) is 10.2 Å². The summed E-state index contributed by atoms with van der Waals surface area (Å²) in [5, 5.41) is 2.17. The molecule has 0 aromatic heterocycles. The van der Waals surface area contributed by atoms with Crippen LogP contribution in [0.15, 0.2) is 30.3 Å². The normalized spacial score (nSPS) is 9.62. The summed E-state index contributed by atoms with van der Waals surface area (Å²) in [4.78, 5) is 23.8. The van der Waals surface area contributed by atoms with E-state index >= 15 is 0 Å². The highest BCUT2D eigenvalue weighted by Crippen LogP contribution is 2.02. The molecule has 86 valence electrons. The second kappa shape index (κ2) is 6.12. The van der Waals surface area contributed by atoms with Gasteiger partial charge in [-0.2, -0.15) is 0 Å². The van der Waals surface area contributed by atoms with Gasteiger partial charge in [-0.05, 0) is 5.56 Å². The van der Waals surface area contributed by atoms with Crippen molar-refractivity contribution in [2.24, 2.45) is 0 Å². The monoisotopic (exact) mass is 240 g/mol. The molecule has 0 aliphatic heterocycles. The molecule has 5 heteroatoms. The van der Waals surface area contributed by atoms with E-state index in [0.29, 0.717) is 6.54 Å². The Balaban J connectivity index is 2.49. The standard InChI is InChI=1S/C11H13ClN2O2/c1-14(11(16)13-10(15)7-12)8-9-5-3-2-4-6-9/h2-6H,7-8H2,1H3,(H,13,15,16). The number of carbonyl (C=O) groups is 2. The van der Waals surface area contributed by atoms with Crippen LogP contribution < -0.4 is 5.32 Å². The zero-order chi connectivity index (χ0) is 12.0. The molecule has 0 atom stereocenters. The number of alkyl halides is 1. The zero-order valence-electron chi connectivity index (χ0n) is 8.94. The van der Waals surface area contributed by atoms with Gasteiger partial charge in [0.05, 0.1) is 0 Å². The number of hydrogen-bond donors (Lipinski definition) is 1. The number of benzene rings is 1. The van der Waals surface area contributed by atoms with E-state index < -0.39 is 11.9 Å². The number of imide groups is 1. The number of nitrogens with zero attached hydrogens (tertiary/aromatic N) is 1. The highest BCUT2D eigenvalue weighted by atomic mass is 35.5. The van der Waals surface area contributed by atoms with Crippen LogP contribution in [-0.2, 0) is 11.3 Å². The molecule has 0 heterocycles. The molecular weight excluding hydrogens is 228 g/mol. The molecule has 3 amide bonds. The van der Waals surface area contributed by atoms with E-state index in [-0.39, 0.29) is 5.88 Å². The van der Waals surface area contributed by atoms with Gasteiger partial charge in [0.2, 0.25) is 5.91 Å². The minimum atomic E-state index is -0.494. The van der Waals surface area contributed by atoms with Gasteiger partial charge in [0, 0.05) is 13.6 Å². The molecule has 0 fully saturated rings. The van der Waals surface area contributed by atoms with Gasteiger partial charge < -0.3 is 4.90 Å². The molecule has 0 saturated carbocycles. The lowest BCUT2D eigenvalue weighted by atomic mass is 10.2. The SMILES string of the molecule is CN(Cc1ccccc1)C(=O)NC(=O)CCl. The third-order valence-corrected chi connectivity index (χ3v) is 2.22. The molecule has 0 spiro atoms. The Bertz CT molecular complexity index is 368. The molecule has 0 unspecified atom stereocenters. The molecule has 4 nitrogen and oxygen atoms in total. The molecule has 1 aromatic carbocycles. The van der Waals surface area contributed by atoms with Crippen LogP contribution in [0.3, 0.4) is 0 Å². The second-order valence-corrected chi connectivity index (χ2v) is 3.60.